The predicted octanol–water partition coefficient (Wildman–Crippen LogP) is 2.37. The Labute approximate surface area is 109 Å². The molecule has 0 spiro atoms. The van der Waals surface area contributed by atoms with Gasteiger partial charge in [-0.2, -0.15) is 0 Å². The first-order valence-corrected chi connectivity index (χ1v) is 6.17. The Hall–Kier alpha value is -1.58. The van der Waals surface area contributed by atoms with Crippen molar-refractivity contribution < 1.29 is 14.7 Å². The van der Waals surface area contributed by atoms with Gasteiger partial charge in [0.2, 0.25) is 5.91 Å². The van der Waals surface area contributed by atoms with Crippen molar-refractivity contribution in [1.82, 2.24) is 5.32 Å². The second kappa shape index (κ2) is 8.50. The molecule has 0 fully saturated rings. The Morgan fingerprint density at radius 2 is 1.72 bits per heavy atom. The van der Waals surface area contributed by atoms with Gasteiger partial charge in [-0.3, -0.25) is 4.79 Å². The van der Waals surface area contributed by atoms with E-state index in [1.807, 2.05) is 13.8 Å². The van der Waals surface area contributed by atoms with Gasteiger partial charge in [0.25, 0.3) is 0 Å². The summed E-state index contributed by atoms with van der Waals surface area (Å²) in [6.45, 7) is 11.0. The van der Waals surface area contributed by atoms with Crippen LogP contribution in [-0.2, 0) is 9.59 Å². The molecular formula is C14H23NO3. The lowest BCUT2D eigenvalue weighted by Crippen LogP contribution is -2.44. The van der Waals surface area contributed by atoms with E-state index in [0.29, 0.717) is 19.3 Å². The fraction of sp³-hybridized carbons (Fsp3) is 0.571. The number of carboxylic acid groups (broad SMARTS) is 1. The zero-order valence-corrected chi connectivity index (χ0v) is 11.2. The van der Waals surface area contributed by atoms with E-state index in [0.717, 1.165) is 0 Å². The highest BCUT2D eigenvalue weighted by Crippen LogP contribution is 2.12. The molecule has 1 unspecified atom stereocenters. The second-order valence-electron chi connectivity index (χ2n) is 4.77. The van der Waals surface area contributed by atoms with E-state index < -0.39 is 12.0 Å². The fourth-order valence-corrected chi connectivity index (χ4v) is 1.70. The third-order valence-corrected chi connectivity index (χ3v) is 2.59. The Balaban J connectivity index is 4.58. The topological polar surface area (TPSA) is 66.4 Å². The van der Waals surface area contributed by atoms with E-state index in [2.05, 4.69) is 18.5 Å². The third-order valence-electron chi connectivity index (χ3n) is 2.59. The highest BCUT2D eigenvalue weighted by molar-refractivity contribution is 5.85. The number of hydrogen-bond acceptors (Lipinski definition) is 2. The molecule has 2 N–H and O–H groups in total. The molecule has 0 saturated heterocycles. The van der Waals surface area contributed by atoms with Gasteiger partial charge in [-0.1, -0.05) is 26.0 Å². The van der Waals surface area contributed by atoms with Gasteiger partial charge in [-0.25, -0.2) is 4.79 Å². The molecule has 1 atom stereocenters. The van der Waals surface area contributed by atoms with E-state index >= 15 is 0 Å². The fourth-order valence-electron chi connectivity index (χ4n) is 1.70. The molecule has 0 rings (SSSR count). The molecule has 0 heterocycles. The van der Waals surface area contributed by atoms with Gasteiger partial charge in [-0.05, 0) is 25.2 Å². The number of hydrogen-bond donors (Lipinski definition) is 2. The van der Waals surface area contributed by atoms with Crippen LogP contribution < -0.4 is 5.32 Å². The number of carbonyl (C=O) groups excluding carboxylic acids is 1. The number of amides is 1. The van der Waals surface area contributed by atoms with Crippen LogP contribution in [0.15, 0.2) is 25.3 Å². The van der Waals surface area contributed by atoms with Gasteiger partial charge < -0.3 is 10.4 Å². The first kappa shape index (κ1) is 16.4. The minimum Gasteiger partial charge on any atom is -0.480 e. The summed E-state index contributed by atoms with van der Waals surface area (Å²) in [5.74, 6) is -1.31. The van der Waals surface area contributed by atoms with Crippen molar-refractivity contribution in [2.75, 3.05) is 0 Å². The average molecular weight is 253 g/mol. The van der Waals surface area contributed by atoms with Crippen molar-refractivity contribution in [1.29, 1.82) is 0 Å². The lowest BCUT2D eigenvalue weighted by molar-refractivity contribution is -0.142. The third kappa shape index (κ3) is 6.23. The van der Waals surface area contributed by atoms with Crippen molar-refractivity contribution >= 4 is 11.9 Å². The van der Waals surface area contributed by atoms with Gasteiger partial charge in [0.1, 0.15) is 6.04 Å². The maximum Gasteiger partial charge on any atom is 0.326 e. The minimum absolute atomic E-state index is 0.212. The summed E-state index contributed by atoms with van der Waals surface area (Å²) < 4.78 is 0. The standard InChI is InChI=1S/C14H23NO3/c1-5-7-11(8-6-2)13(16)15-12(14(17)18)9-10(3)4/h5-6,10-12H,1-2,7-9H2,3-4H3,(H,15,16)(H,17,18). The summed E-state index contributed by atoms with van der Waals surface area (Å²) in [6.07, 6.45) is 4.78. The molecule has 0 bridgehead atoms. The van der Waals surface area contributed by atoms with Gasteiger partial charge in [0.15, 0.2) is 0 Å². The van der Waals surface area contributed by atoms with Crippen LogP contribution in [0.25, 0.3) is 0 Å². The van der Waals surface area contributed by atoms with Gasteiger partial charge >= 0.3 is 5.97 Å². The van der Waals surface area contributed by atoms with Crippen molar-refractivity contribution in [3.63, 3.8) is 0 Å². The van der Waals surface area contributed by atoms with Crippen molar-refractivity contribution in [2.45, 2.75) is 39.2 Å². The molecule has 0 aromatic carbocycles. The zero-order chi connectivity index (χ0) is 14.1. The Morgan fingerprint density at radius 3 is 2.06 bits per heavy atom. The summed E-state index contributed by atoms with van der Waals surface area (Å²) in [5.41, 5.74) is 0. The van der Waals surface area contributed by atoms with Gasteiger partial charge in [0.05, 0.1) is 0 Å². The number of nitrogens with one attached hydrogen (secondary N) is 1. The first-order valence-electron chi connectivity index (χ1n) is 6.17. The Bertz CT molecular complexity index is 300. The van der Waals surface area contributed by atoms with Crippen LogP contribution in [0, 0.1) is 11.8 Å². The second-order valence-corrected chi connectivity index (χ2v) is 4.77. The summed E-state index contributed by atoms with van der Waals surface area (Å²) in [6, 6.07) is -0.824. The van der Waals surface area contributed by atoms with E-state index in [1.165, 1.54) is 0 Å². The number of carboxylic acids is 1. The molecule has 0 aromatic rings. The minimum atomic E-state index is -0.993. The molecule has 102 valence electrons. The number of rotatable bonds is 9. The summed E-state index contributed by atoms with van der Waals surface area (Å²) in [5, 5.41) is 11.6. The predicted molar refractivity (Wildman–Crippen MR) is 72.1 cm³/mol. The summed E-state index contributed by atoms with van der Waals surface area (Å²) in [4.78, 5) is 23.0. The quantitative estimate of drug-likeness (QED) is 0.620. The normalized spacial score (nSPS) is 12.2. The van der Waals surface area contributed by atoms with E-state index in [1.54, 1.807) is 12.2 Å². The Morgan fingerprint density at radius 1 is 1.22 bits per heavy atom. The monoisotopic (exact) mass is 253 g/mol. The summed E-state index contributed by atoms with van der Waals surface area (Å²) in [7, 11) is 0. The molecule has 0 saturated carbocycles. The van der Waals surface area contributed by atoms with Crippen LogP contribution in [0.2, 0.25) is 0 Å². The van der Waals surface area contributed by atoms with Crippen LogP contribution in [0.4, 0.5) is 0 Å². The lowest BCUT2D eigenvalue weighted by atomic mass is 9.98. The highest BCUT2D eigenvalue weighted by atomic mass is 16.4. The molecule has 0 aliphatic carbocycles. The molecule has 0 aromatic heterocycles. The largest absolute Gasteiger partial charge is 0.480 e. The highest BCUT2D eigenvalue weighted by Gasteiger charge is 2.24. The smallest absolute Gasteiger partial charge is 0.326 e. The Kier molecular flexibility index (Phi) is 7.76. The number of carbonyl (C=O) groups is 2. The lowest BCUT2D eigenvalue weighted by Gasteiger charge is -2.20. The van der Waals surface area contributed by atoms with E-state index in [-0.39, 0.29) is 17.7 Å². The van der Waals surface area contributed by atoms with E-state index in [9.17, 15) is 9.59 Å². The molecule has 0 aliphatic heterocycles. The van der Waals surface area contributed by atoms with Crippen LogP contribution in [-0.4, -0.2) is 23.0 Å². The number of aliphatic carboxylic acids is 1. The van der Waals surface area contributed by atoms with Gasteiger partial charge in [-0.15, -0.1) is 13.2 Å². The zero-order valence-electron chi connectivity index (χ0n) is 11.2. The van der Waals surface area contributed by atoms with Crippen molar-refractivity contribution in [3.05, 3.63) is 25.3 Å². The van der Waals surface area contributed by atoms with Crippen LogP contribution in [0.5, 0.6) is 0 Å². The molecule has 0 aliphatic rings. The maximum atomic E-state index is 11.9. The van der Waals surface area contributed by atoms with Crippen molar-refractivity contribution in [3.8, 4) is 0 Å². The SMILES string of the molecule is C=CCC(CC=C)C(=O)NC(CC(C)C)C(=O)O. The van der Waals surface area contributed by atoms with Gasteiger partial charge in [0, 0.05) is 5.92 Å². The molecule has 18 heavy (non-hydrogen) atoms. The average Bonchev–Trinajstić information content (AvgIpc) is 2.27. The maximum absolute atomic E-state index is 11.9. The first-order chi connectivity index (χ1) is 8.42. The number of allylic oxidation sites excluding steroid dienone is 2. The van der Waals surface area contributed by atoms with Crippen molar-refractivity contribution in [2.24, 2.45) is 11.8 Å². The molecule has 1 amide bonds. The van der Waals surface area contributed by atoms with Crippen LogP contribution in [0.1, 0.15) is 33.1 Å². The van der Waals surface area contributed by atoms with Crippen LogP contribution >= 0.6 is 0 Å². The summed E-state index contributed by atoms with van der Waals surface area (Å²) >= 11 is 0. The molecule has 0 radical (unpaired) electrons. The van der Waals surface area contributed by atoms with Crippen LogP contribution in [0.3, 0.4) is 0 Å². The molecule has 4 nitrogen and oxygen atoms in total. The molecular weight excluding hydrogens is 230 g/mol. The van der Waals surface area contributed by atoms with E-state index in [4.69, 9.17) is 5.11 Å². The molecule has 4 heteroatoms.